The fourth-order valence-electron chi connectivity index (χ4n) is 3.48. The van der Waals surface area contributed by atoms with E-state index >= 15 is 0 Å². The summed E-state index contributed by atoms with van der Waals surface area (Å²) < 4.78 is 0. The van der Waals surface area contributed by atoms with Crippen molar-refractivity contribution >= 4 is 58.6 Å². The van der Waals surface area contributed by atoms with Crippen molar-refractivity contribution in [2.24, 2.45) is 15.8 Å². The van der Waals surface area contributed by atoms with Crippen LogP contribution in [0.3, 0.4) is 0 Å². The molecule has 2 aromatic carbocycles. The molecule has 1 aliphatic rings. The lowest BCUT2D eigenvalue weighted by molar-refractivity contribution is -0.137. The van der Waals surface area contributed by atoms with Crippen molar-refractivity contribution in [2.45, 2.75) is 13.8 Å². The van der Waals surface area contributed by atoms with E-state index in [0.717, 1.165) is 0 Å². The molecule has 10 heteroatoms. The molecule has 5 N–H and O–H groups in total. The Balaban J connectivity index is 2.08. The number of amides is 1. The Bertz CT molecular complexity index is 1310. The number of aliphatic hydroxyl groups is 1. The molecule has 0 fully saturated rings. The fraction of sp³-hybridized carbons (Fsp3) is 0.120. The lowest BCUT2D eigenvalue weighted by atomic mass is 9.92. The minimum Gasteiger partial charge on any atom is -0.505 e. The maximum absolute atomic E-state index is 12.7. The molecule has 0 saturated carbocycles. The van der Waals surface area contributed by atoms with Gasteiger partial charge in [-0.05, 0) is 49.7 Å². The van der Waals surface area contributed by atoms with E-state index in [1.165, 1.54) is 17.4 Å². The van der Waals surface area contributed by atoms with Gasteiger partial charge in [0.15, 0.2) is 11.5 Å². The summed E-state index contributed by atoms with van der Waals surface area (Å²) in [6.45, 7) is 2.82. The average molecular weight is 494 g/mol. The zero-order valence-corrected chi connectivity index (χ0v) is 19.8. The summed E-state index contributed by atoms with van der Waals surface area (Å²) in [7, 11) is 0. The lowest BCUT2D eigenvalue weighted by Crippen LogP contribution is -2.37. The number of rotatable bonds is 7. The van der Waals surface area contributed by atoms with Crippen molar-refractivity contribution in [1.29, 1.82) is 0 Å². The van der Waals surface area contributed by atoms with Gasteiger partial charge < -0.3 is 21.3 Å². The second-order valence-corrected chi connectivity index (χ2v) is 7.69. The van der Waals surface area contributed by atoms with Crippen LogP contribution in [0.1, 0.15) is 30.5 Å². The van der Waals surface area contributed by atoms with Gasteiger partial charge in [-0.25, -0.2) is 5.01 Å². The van der Waals surface area contributed by atoms with Crippen LogP contribution in [0.15, 0.2) is 70.5 Å². The van der Waals surface area contributed by atoms with E-state index in [1.807, 2.05) is 6.07 Å². The van der Waals surface area contributed by atoms with Crippen LogP contribution in [0.4, 0.5) is 5.69 Å². The Morgan fingerprint density at radius 2 is 1.94 bits per heavy atom. The fourth-order valence-corrected chi connectivity index (χ4v) is 3.66. The molecule has 3 rings (SSSR count). The van der Waals surface area contributed by atoms with Crippen LogP contribution in [0, 0.1) is 0 Å². The molecule has 0 radical (unpaired) electrons. The van der Waals surface area contributed by atoms with Gasteiger partial charge >= 0.3 is 5.97 Å². The van der Waals surface area contributed by atoms with Crippen LogP contribution in [0.2, 0.25) is 5.02 Å². The SMILES string of the molecule is C/C=N\N1C(C(=O)NCC(=O)O)=C(O)c2ccc(/C(C=Nc3cccc(Cl)c3)=C/N)cc2/C1=C\C. The largest absolute Gasteiger partial charge is 0.505 e. The van der Waals surface area contributed by atoms with Crippen LogP contribution in [0.25, 0.3) is 17.0 Å². The average Bonchev–Trinajstić information content (AvgIpc) is 2.83. The number of carbonyl (C=O) groups excluding carboxylic acids is 1. The third kappa shape index (κ3) is 5.59. The van der Waals surface area contributed by atoms with Gasteiger partial charge in [-0.15, -0.1) is 0 Å². The number of benzene rings is 2. The number of halogens is 1. The number of nitrogens with two attached hydrogens (primary N) is 1. The molecule has 0 unspecified atom stereocenters. The first-order valence-corrected chi connectivity index (χ1v) is 10.9. The van der Waals surface area contributed by atoms with Crippen LogP contribution in [-0.2, 0) is 9.59 Å². The van der Waals surface area contributed by atoms with Gasteiger partial charge in [-0.3, -0.25) is 14.6 Å². The van der Waals surface area contributed by atoms with Crippen LogP contribution < -0.4 is 11.1 Å². The van der Waals surface area contributed by atoms with Crippen molar-refractivity contribution in [3.8, 4) is 0 Å². The molecule has 9 nitrogen and oxygen atoms in total. The number of nitrogens with zero attached hydrogens (tertiary/aromatic N) is 3. The second kappa shape index (κ2) is 11.2. The summed E-state index contributed by atoms with van der Waals surface area (Å²) in [5.41, 5.74) is 9.17. The van der Waals surface area contributed by atoms with Gasteiger partial charge in [0.1, 0.15) is 6.54 Å². The number of aliphatic carboxylic acids is 1. The molecule has 0 spiro atoms. The van der Waals surface area contributed by atoms with E-state index in [2.05, 4.69) is 15.4 Å². The maximum atomic E-state index is 12.7. The highest BCUT2D eigenvalue weighted by atomic mass is 35.5. The molecule has 1 heterocycles. The van der Waals surface area contributed by atoms with Gasteiger partial charge in [0.25, 0.3) is 5.91 Å². The van der Waals surface area contributed by atoms with Gasteiger partial charge in [-0.2, -0.15) is 5.10 Å². The maximum Gasteiger partial charge on any atom is 0.322 e. The summed E-state index contributed by atoms with van der Waals surface area (Å²) in [6, 6.07) is 12.3. The number of hydrogen-bond donors (Lipinski definition) is 4. The third-order valence-electron chi connectivity index (χ3n) is 5.01. The highest BCUT2D eigenvalue weighted by molar-refractivity contribution is 6.30. The Kier molecular flexibility index (Phi) is 8.06. The van der Waals surface area contributed by atoms with Crippen molar-refractivity contribution in [3.05, 3.63) is 82.2 Å². The number of hydrazone groups is 1. The molecule has 0 atom stereocenters. The number of aliphatic hydroxyl groups excluding tert-OH is 1. The van der Waals surface area contributed by atoms with Crippen molar-refractivity contribution < 1.29 is 19.8 Å². The predicted molar refractivity (Wildman–Crippen MR) is 138 cm³/mol. The molecule has 35 heavy (non-hydrogen) atoms. The van der Waals surface area contributed by atoms with Gasteiger partial charge in [-0.1, -0.05) is 29.8 Å². The van der Waals surface area contributed by atoms with Crippen molar-refractivity contribution in [2.75, 3.05) is 6.54 Å². The van der Waals surface area contributed by atoms with E-state index in [4.69, 9.17) is 22.4 Å². The Morgan fingerprint density at radius 3 is 2.57 bits per heavy atom. The van der Waals surface area contributed by atoms with E-state index in [9.17, 15) is 14.7 Å². The predicted octanol–water partition coefficient (Wildman–Crippen LogP) is 4.15. The van der Waals surface area contributed by atoms with Crippen molar-refractivity contribution in [1.82, 2.24) is 10.3 Å². The standard InChI is InChI=1S/C25H24ClN5O4/c1-3-21-20-10-15(16(12-27)13-28-18-7-5-6-17(26)11-18)8-9-19(20)24(34)23(31(21)30-4-2)25(35)29-14-22(32)33/h3-13,34H,14,27H2,1-2H3,(H,29,35)(H,32,33)/b16-12+,21-3+,28-13?,30-4-. The summed E-state index contributed by atoms with van der Waals surface area (Å²) in [5.74, 6) is -2.33. The summed E-state index contributed by atoms with van der Waals surface area (Å²) >= 11 is 6.02. The number of nitrogens with one attached hydrogen (secondary N) is 1. The molecule has 2 aromatic rings. The smallest absolute Gasteiger partial charge is 0.322 e. The first-order chi connectivity index (χ1) is 16.8. The van der Waals surface area contributed by atoms with Crippen LogP contribution in [0.5, 0.6) is 0 Å². The normalized spacial score (nSPS) is 15.2. The molecule has 0 bridgehead atoms. The third-order valence-corrected chi connectivity index (χ3v) is 5.24. The number of carbonyl (C=O) groups is 2. The monoisotopic (exact) mass is 493 g/mol. The van der Waals surface area contributed by atoms with E-state index in [1.54, 1.807) is 62.5 Å². The molecule has 0 aromatic heterocycles. The van der Waals surface area contributed by atoms with Gasteiger partial charge in [0, 0.05) is 40.4 Å². The first kappa shape index (κ1) is 25.3. The summed E-state index contributed by atoms with van der Waals surface area (Å²) in [5, 5.41) is 28.2. The highest BCUT2D eigenvalue weighted by Crippen LogP contribution is 2.39. The zero-order chi connectivity index (χ0) is 25.5. The first-order valence-electron chi connectivity index (χ1n) is 10.6. The number of carboxylic acids is 1. The Morgan fingerprint density at radius 1 is 1.17 bits per heavy atom. The Hall–Kier alpha value is -4.37. The number of fused-ring (bicyclic) bond motifs is 1. The Labute approximate surface area is 207 Å². The number of carboxylic acid groups (broad SMARTS) is 1. The topological polar surface area (TPSA) is 141 Å². The number of aliphatic imine (C=N–C) groups is 1. The zero-order valence-electron chi connectivity index (χ0n) is 19.1. The van der Waals surface area contributed by atoms with Gasteiger partial charge in [0.05, 0.1) is 11.4 Å². The summed E-state index contributed by atoms with van der Waals surface area (Å²) in [4.78, 5) is 28.1. The quantitative estimate of drug-likeness (QED) is 0.427. The molecule has 0 saturated heterocycles. The molecular formula is C25H24ClN5O4. The second-order valence-electron chi connectivity index (χ2n) is 7.25. The number of hydrogen-bond acceptors (Lipinski definition) is 7. The van der Waals surface area contributed by atoms with E-state index in [0.29, 0.717) is 38.7 Å². The lowest BCUT2D eigenvalue weighted by Gasteiger charge is -2.31. The minimum absolute atomic E-state index is 0.185. The van der Waals surface area contributed by atoms with Crippen LogP contribution in [-0.4, -0.2) is 46.1 Å². The molecule has 0 aliphatic carbocycles. The van der Waals surface area contributed by atoms with E-state index in [-0.39, 0.29) is 11.5 Å². The molecule has 1 amide bonds. The molecular weight excluding hydrogens is 470 g/mol. The van der Waals surface area contributed by atoms with E-state index < -0.39 is 18.4 Å². The van der Waals surface area contributed by atoms with Crippen molar-refractivity contribution in [3.63, 3.8) is 0 Å². The number of allylic oxidation sites excluding steroid dienone is 2. The molecule has 180 valence electrons. The molecule has 1 aliphatic heterocycles. The highest BCUT2D eigenvalue weighted by Gasteiger charge is 2.33. The van der Waals surface area contributed by atoms with Gasteiger partial charge in [0.2, 0.25) is 0 Å². The van der Waals surface area contributed by atoms with Crippen LogP contribution >= 0.6 is 11.6 Å². The minimum atomic E-state index is -1.21. The summed E-state index contributed by atoms with van der Waals surface area (Å²) in [6.07, 6.45) is 6.21.